The van der Waals surface area contributed by atoms with Crippen molar-refractivity contribution in [2.24, 2.45) is 0 Å². The molecule has 4 aromatic heterocycles. The highest BCUT2D eigenvalue weighted by molar-refractivity contribution is 6.25. The third-order valence-electron chi connectivity index (χ3n) is 14.9. The van der Waals surface area contributed by atoms with Gasteiger partial charge >= 0.3 is 0 Å². The van der Waals surface area contributed by atoms with Gasteiger partial charge in [0.15, 0.2) is 0 Å². The Labute approximate surface area is 417 Å². The van der Waals surface area contributed by atoms with Crippen molar-refractivity contribution in [2.45, 2.75) is 0 Å². The lowest BCUT2D eigenvalue weighted by Crippen LogP contribution is -2.09. The summed E-state index contributed by atoms with van der Waals surface area (Å²) in [6.07, 6.45) is 0. The van der Waals surface area contributed by atoms with Crippen molar-refractivity contribution in [3.8, 4) is 29.2 Å². The Morgan fingerprint density at radius 3 is 1.51 bits per heavy atom. The van der Waals surface area contributed by atoms with Gasteiger partial charge in [-0.05, 0) is 120 Å². The van der Waals surface area contributed by atoms with Gasteiger partial charge in [0, 0.05) is 60.5 Å². The first kappa shape index (κ1) is 40.5. The number of anilines is 3. The number of furan rings is 1. The van der Waals surface area contributed by atoms with Crippen LogP contribution >= 0.6 is 0 Å². The molecule has 11 aromatic carbocycles. The van der Waals surface area contributed by atoms with Crippen molar-refractivity contribution in [1.82, 2.24) is 13.7 Å². The van der Waals surface area contributed by atoms with Crippen molar-refractivity contribution in [2.75, 3.05) is 4.90 Å². The molecule has 4 heterocycles. The van der Waals surface area contributed by atoms with Crippen molar-refractivity contribution in [3.63, 3.8) is 0 Å². The highest BCUT2D eigenvalue weighted by Crippen LogP contribution is 2.46. The first-order chi connectivity index (χ1) is 36.1. The summed E-state index contributed by atoms with van der Waals surface area (Å²) in [4.78, 5) is 2.27. The zero-order chi connectivity index (χ0) is 48.3. The summed E-state index contributed by atoms with van der Waals surface area (Å²) < 4.78 is 13.4. The first-order valence-corrected chi connectivity index (χ1v) is 24.4. The van der Waals surface area contributed by atoms with Crippen LogP contribution in [0.4, 0.5) is 17.1 Å². The fraction of sp³-hybridized carbons (Fsp3) is 0. The van der Waals surface area contributed by atoms with Gasteiger partial charge in [0.1, 0.15) is 23.3 Å². The van der Waals surface area contributed by atoms with E-state index in [9.17, 15) is 10.5 Å². The maximum absolute atomic E-state index is 11.4. The van der Waals surface area contributed by atoms with Crippen LogP contribution in [0.2, 0.25) is 0 Å². The van der Waals surface area contributed by atoms with E-state index < -0.39 is 0 Å². The lowest BCUT2D eigenvalue weighted by molar-refractivity contribution is 0.673. The van der Waals surface area contributed by atoms with E-state index in [1.54, 1.807) is 0 Å². The standard InChI is InChI=1S/C66H38N6O/c67-39-42-36-62(72-58-33-29-47(70-55-24-12-9-21-49(55)50-22-10-13-25-56(50)70)38-54(58)65-60(72)34-30-52-51-23-11-14-26-63(51)73-66(52)65)43(40-68)35-61(42)71-57-32-28-46(69(44-16-3-1-4-17-44)45-18-5-2-6-19-45)37-53(57)64-48-20-8-7-15-41(48)27-31-59(64)71/h1-38H. The third-order valence-corrected chi connectivity index (χ3v) is 14.9. The molecule has 0 spiro atoms. The predicted octanol–water partition coefficient (Wildman–Crippen LogP) is 17.2. The second-order valence-electron chi connectivity index (χ2n) is 18.7. The molecule has 0 atom stereocenters. The number of hydrogen-bond donors (Lipinski definition) is 0. The average Bonchev–Trinajstić information content (AvgIpc) is 4.20. The van der Waals surface area contributed by atoms with E-state index in [2.05, 4.69) is 219 Å². The van der Waals surface area contributed by atoms with Gasteiger partial charge in [-0.25, -0.2) is 0 Å². The largest absolute Gasteiger partial charge is 0.455 e. The molecule has 0 N–H and O–H groups in total. The fourth-order valence-electron chi connectivity index (χ4n) is 11.8. The molecule has 0 unspecified atom stereocenters. The minimum absolute atomic E-state index is 0.427. The second-order valence-corrected chi connectivity index (χ2v) is 18.7. The number of nitrogens with zero attached hydrogens (tertiary/aromatic N) is 6. The number of fused-ring (bicyclic) bond motifs is 15. The Bertz CT molecular complexity index is 4790. The molecule has 7 heteroatoms. The van der Waals surface area contributed by atoms with E-state index in [-0.39, 0.29) is 0 Å². The fourth-order valence-corrected chi connectivity index (χ4v) is 11.8. The molecular formula is C66H38N6O. The minimum atomic E-state index is 0.427. The summed E-state index contributed by atoms with van der Waals surface area (Å²) in [6, 6.07) is 85.2. The topological polar surface area (TPSA) is 78.7 Å². The van der Waals surface area contributed by atoms with Gasteiger partial charge in [0.25, 0.3) is 0 Å². The predicted molar refractivity (Wildman–Crippen MR) is 298 cm³/mol. The lowest BCUT2D eigenvalue weighted by Gasteiger charge is -2.25. The van der Waals surface area contributed by atoms with E-state index >= 15 is 0 Å². The lowest BCUT2D eigenvalue weighted by atomic mass is 10.0. The molecule has 0 fully saturated rings. The SMILES string of the molecule is N#Cc1cc(-n2c3ccc(-n4c5ccccc5c5ccccc54)cc3c3c4oc5ccccc5c4ccc32)c(C#N)cc1-n1c2ccc(N(c3ccccc3)c3ccccc3)cc2c2c3ccccc3ccc21. The van der Waals surface area contributed by atoms with Crippen molar-refractivity contribution >= 4 is 115 Å². The smallest absolute Gasteiger partial charge is 0.145 e. The summed E-state index contributed by atoms with van der Waals surface area (Å²) >= 11 is 0. The Morgan fingerprint density at radius 1 is 0.342 bits per heavy atom. The zero-order valence-corrected chi connectivity index (χ0v) is 39.0. The van der Waals surface area contributed by atoms with Crippen LogP contribution in [0.3, 0.4) is 0 Å². The molecule has 0 aliphatic carbocycles. The van der Waals surface area contributed by atoms with Crippen molar-refractivity contribution in [3.05, 3.63) is 242 Å². The van der Waals surface area contributed by atoms with Gasteiger partial charge in [-0.3, -0.25) is 0 Å². The Hall–Kier alpha value is -10.3. The van der Waals surface area contributed by atoms with Crippen LogP contribution in [0.1, 0.15) is 11.1 Å². The van der Waals surface area contributed by atoms with Crippen LogP contribution in [0.5, 0.6) is 0 Å². The maximum atomic E-state index is 11.4. The molecule has 0 amide bonds. The number of nitriles is 2. The van der Waals surface area contributed by atoms with Gasteiger partial charge in [-0.2, -0.15) is 10.5 Å². The molecular weight excluding hydrogens is 893 g/mol. The van der Waals surface area contributed by atoms with Crippen LogP contribution in [0.25, 0.3) is 115 Å². The Kier molecular flexibility index (Phi) is 8.65. The molecule has 15 aromatic rings. The van der Waals surface area contributed by atoms with Crippen LogP contribution in [0.15, 0.2) is 235 Å². The van der Waals surface area contributed by atoms with E-state index in [4.69, 9.17) is 4.42 Å². The van der Waals surface area contributed by atoms with Crippen molar-refractivity contribution < 1.29 is 4.42 Å². The summed E-state index contributed by atoms with van der Waals surface area (Å²) in [5, 5.41) is 33.4. The molecule has 0 aliphatic heterocycles. The van der Waals surface area contributed by atoms with Crippen LogP contribution in [-0.2, 0) is 0 Å². The summed E-state index contributed by atoms with van der Waals surface area (Å²) in [6.45, 7) is 0. The molecule has 0 saturated carbocycles. The molecule has 73 heavy (non-hydrogen) atoms. The molecule has 338 valence electrons. The van der Waals surface area contributed by atoms with E-state index in [0.29, 0.717) is 22.5 Å². The molecule has 0 radical (unpaired) electrons. The van der Waals surface area contributed by atoms with Gasteiger partial charge in [-0.1, -0.05) is 121 Å². The van der Waals surface area contributed by atoms with Gasteiger partial charge < -0.3 is 23.0 Å². The van der Waals surface area contributed by atoms with Gasteiger partial charge in [0.2, 0.25) is 0 Å². The van der Waals surface area contributed by atoms with E-state index in [0.717, 1.165) is 110 Å². The number of hydrogen-bond acceptors (Lipinski definition) is 4. The van der Waals surface area contributed by atoms with Gasteiger partial charge in [-0.15, -0.1) is 0 Å². The number of aromatic nitrogens is 3. The van der Waals surface area contributed by atoms with E-state index in [1.807, 2.05) is 42.5 Å². The summed E-state index contributed by atoms with van der Waals surface area (Å²) in [7, 11) is 0. The Balaban J connectivity index is 0.992. The minimum Gasteiger partial charge on any atom is -0.455 e. The Morgan fingerprint density at radius 2 is 0.849 bits per heavy atom. The molecule has 0 aliphatic rings. The van der Waals surface area contributed by atoms with E-state index in [1.165, 1.54) is 10.8 Å². The highest BCUT2D eigenvalue weighted by atomic mass is 16.3. The maximum Gasteiger partial charge on any atom is 0.145 e. The number of para-hydroxylation sites is 5. The summed E-state index contributed by atoms with van der Waals surface area (Å²) in [5.74, 6) is 0. The number of rotatable bonds is 6. The molecule has 15 rings (SSSR count). The van der Waals surface area contributed by atoms with Crippen LogP contribution in [0, 0.1) is 22.7 Å². The molecule has 0 bridgehead atoms. The van der Waals surface area contributed by atoms with Gasteiger partial charge in [0.05, 0.1) is 61.0 Å². The first-order valence-electron chi connectivity index (χ1n) is 24.4. The average molecular weight is 931 g/mol. The van der Waals surface area contributed by atoms with Crippen LogP contribution in [-0.4, -0.2) is 13.7 Å². The monoisotopic (exact) mass is 930 g/mol. The van der Waals surface area contributed by atoms with Crippen LogP contribution < -0.4 is 4.90 Å². The highest BCUT2D eigenvalue weighted by Gasteiger charge is 2.25. The van der Waals surface area contributed by atoms with Crippen molar-refractivity contribution in [1.29, 1.82) is 10.5 Å². The second kappa shape index (κ2) is 15.6. The number of benzene rings is 11. The molecule has 7 nitrogen and oxygen atoms in total. The molecule has 0 saturated heterocycles. The normalized spacial score (nSPS) is 11.8. The third kappa shape index (κ3) is 5.85. The summed E-state index contributed by atoms with van der Waals surface area (Å²) in [5.41, 5.74) is 13.6. The zero-order valence-electron chi connectivity index (χ0n) is 39.0. The quantitative estimate of drug-likeness (QED) is 0.166.